The van der Waals surface area contributed by atoms with E-state index in [1.54, 1.807) is 21.9 Å². The van der Waals surface area contributed by atoms with Gasteiger partial charge in [0.25, 0.3) is 5.91 Å². The van der Waals surface area contributed by atoms with Crippen LogP contribution in [-0.4, -0.2) is 29.9 Å². The van der Waals surface area contributed by atoms with Crippen molar-refractivity contribution in [3.8, 4) is 6.07 Å². The highest BCUT2D eigenvalue weighted by molar-refractivity contribution is 6.05. The van der Waals surface area contributed by atoms with Crippen LogP contribution in [0.25, 0.3) is 0 Å². The number of aryl methyl sites for hydroxylation is 1. The summed E-state index contributed by atoms with van der Waals surface area (Å²) in [5.74, 6) is -0.160. The molecule has 0 radical (unpaired) electrons. The maximum Gasteiger partial charge on any atom is 0.324 e. The van der Waals surface area contributed by atoms with Crippen molar-refractivity contribution in [2.75, 3.05) is 23.3 Å². The molecule has 6 nitrogen and oxygen atoms in total. The quantitative estimate of drug-likeness (QED) is 0.629. The third kappa shape index (κ3) is 4.47. The standard InChI is InChI=1S/C26H24N4O2/c1-19-7-2-5-10-24(19)25(31)28-22-11-13-23(14-12-22)30-16-6-15-29(26(30)32)18-21-9-4-3-8-20(21)17-27/h2-5,7-14H,6,15-16,18H2,1H3,(H,28,31). The Kier molecular flexibility index (Phi) is 6.18. The molecule has 3 aromatic rings. The number of carbonyl (C=O) groups excluding carboxylic acids is 2. The molecule has 0 aliphatic carbocycles. The van der Waals surface area contributed by atoms with Crippen LogP contribution in [0.15, 0.2) is 72.8 Å². The molecule has 0 saturated carbocycles. The summed E-state index contributed by atoms with van der Waals surface area (Å²) in [7, 11) is 0. The number of hydrogen-bond donors (Lipinski definition) is 1. The fourth-order valence-electron chi connectivity index (χ4n) is 3.89. The number of nitriles is 1. The number of amides is 3. The van der Waals surface area contributed by atoms with Crippen LogP contribution in [-0.2, 0) is 6.54 Å². The number of nitrogens with one attached hydrogen (secondary N) is 1. The lowest BCUT2D eigenvalue weighted by Gasteiger charge is -2.36. The monoisotopic (exact) mass is 424 g/mol. The molecule has 1 heterocycles. The van der Waals surface area contributed by atoms with Crippen molar-refractivity contribution >= 4 is 23.3 Å². The largest absolute Gasteiger partial charge is 0.324 e. The van der Waals surface area contributed by atoms with Crippen LogP contribution in [0, 0.1) is 18.3 Å². The van der Waals surface area contributed by atoms with Gasteiger partial charge in [0.05, 0.1) is 11.6 Å². The first-order valence-electron chi connectivity index (χ1n) is 10.6. The van der Waals surface area contributed by atoms with E-state index in [0.29, 0.717) is 36.4 Å². The number of nitrogens with zero attached hydrogens (tertiary/aromatic N) is 3. The smallest absolute Gasteiger partial charge is 0.322 e. The highest BCUT2D eigenvalue weighted by Gasteiger charge is 2.27. The van der Waals surface area contributed by atoms with Gasteiger partial charge in [0, 0.05) is 36.6 Å². The van der Waals surface area contributed by atoms with Crippen molar-refractivity contribution in [2.24, 2.45) is 0 Å². The van der Waals surface area contributed by atoms with E-state index in [4.69, 9.17) is 0 Å². The molecule has 4 rings (SSSR count). The minimum absolute atomic E-state index is 0.0827. The lowest BCUT2D eigenvalue weighted by molar-refractivity contribution is 0.102. The van der Waals surface area contributed by atoms with Crippen LogP contribution < -0.4 is 10.2 Å². The van der Waals surface area contributed by atoms with Crippen LogP contribution in [0.4, 0.5) is 16.2 Å². The molecule has 3 amide bonds. The van der Waals surface area contributed by atoms with Gasteiger partial charge in [0.2, 0.25) is 0 Å². The molecule has 0 atom stereocenters. The lowest BCUT2D eigenvalue weighted by atomic mass is 10.1. The molecule has 3 aromatic carbocycles. The Morgan fingerprint density at radius 2 is 1.72 bits per heavy atom. The van der Waals surface area contributed by atoms with Gasteiger partial charge in [0.15, 0.2) is 0 Å². The Balaban J connectivity index is 1.45. The minimum atomic E-state index is -0.160. The number of anilines is 2. The first-order valence-corrected chi connectivity index (χ1v) is 10.6. The van der Waals surface area contributed by atoms with Gasteiger partial charge in [-0.1, -0.05) is 36.4 Å². The van der Waals surface area contributed by atoms with Crippen LogP contribution in [0.5, 0.6) is 0 Å². The zero-order chi connectivity index (χ0) is 22.5. The van der Waals surface area contributed by atoms with Crippen molar-refractivity contribution in [1.29, 1.82) is 5.26 Å². The summed E-state index contributed by atoms with van der Waals surface area (Å²) < 4.78 is 0. The molecular formula is C26H24N4O2. The van der Waals surface area contributed by atoms with Gasteiger partial charge in [-0.05, 0) is 60.9 Å². The number of rotatable bonds is 5. The minimum Gasteiger partial charge on any atom is -0.322 e. The number of hydrogen-bond acceptors (Lipinski definition) is 3. The summed E-state index contributed by atoms with van der Waals surface area (Å²) in [5, 5.41) is 12.2. The average molecular weight is 425 g/mol. The van der Waals surface area contributed by atoms with Crippen LogP contribution in [0.2, 0.25) is 0 Å². The molecule has 0 aromatic heterocycles. The topological polar surface area (TPSA) is 76.4 Å². The van der Waals surface area contributed by atoms with Gasteiger partial charge >= 0.3 is 6.03 Å². The second-order valence-corrected chi connectivity index (χ2v) is 7.79. The Morgan fingerprint density at radius 3 is 2.47 bits per heavy atom. The van der Waals surface area contributed by atoms with Gasteiger partial charge in [-0.15, -0.1) is 0 Å². The maximum atomic E-state index is 13.1. The summed E-state index contributed by atoms with van der Waals surface area (Å²) in [6, 6.07) is 24.2. The number of urea groups is 1. The molecule has 6 heteroatoms. The van der Waals surface area contributed by atoms with Crippen molar-refractivity contribution in [3.63, 3.8) is 0 Å². The van der Waals surface area contributed by atoms with Gasteiger partial charge in [0.1, 0.15) is 0 Å². The van der Waals surface area contributed by atoms with Crippen LogP contribution in [0.1, 0.15) is 33.5 Å². The maximum absolute atomic E-state index is 13.1. The molecule has 160 valence electrons. The summed E-state index contributed by atoms with van der Waals surface area (Å²) in [6.45, 7) is 3.59. The Hall–Kier alpha value is -4.11. The Morgan fingerprint density at radius 1 is 1.00 bits per heavy atom. The molecular weight excluding hydrogens is 400 g/mol. The van der Waals surface area contributed by atoms with E-state index < -0.39 is 0 Å². The van der Waals surface area contributed by atoms with Gasteiger partial charge in [-0.3, -0.25) is 9.69 Å². The molecule has 1 saturated heterocycles. The predicted molar refractivity (Wildman–Crippen MR) is 125 cm³/mol. The average Bonchev–Trinajstić information content (AvgIpc) is 2.81. The second-order valence-electron chi connectivity index (χ2n) is 7.79. The van der Waals surface area contributed by atoms with Crippen LogP contribution in [0.3, 0.4) is 0 Å². The molecule has 32 heavy (non-hydrogen) atoms. The van der Waals surface area contributed by atoms with Crippen LogP contribution >= 0.6 is 0 Å². The highest BCUT2D eigenvalue weighted by Crippen LogP contribution is 2.24. The Bertz CT molecular complexity index is 1180. The lowest BCUT2D eigenvalue weighted by Crippen LogP contribution is -2.49. The van der Waals surface area contributed by atoms with Crippen molar-refractivity contribution in [1.82, 2.24) is 4.90 Å². The van der Waals surface area contributed by atoms with Gasteiger partial charge < -0.3 is 10.2 Å². The first-order chi connectivity index (χ1) is 15.6. The third-order valence-electron chi connectivity index (χ3n) is 5.64. The number of carbonyl (C=O) groups is 2. The SMILES string of the molecule is Cc1ccccc1C(=O)Nc1ccc(N2CCCN(Cc3ccccc3C#N)C2=O)cc1. The van der Waals surface area contributed by atoms with E-state index in [1.165, 1.54) is 0 Å². The van der Waals surface area contributed by atoms with E-state index in [-0.39, 0.29) is 11.9 Å². The van der Waals surface area contributed by atoms with Crippen molar-refractivity contribution in [2.45, 2.75) is 19.9 Å². The van der Waals surface area contributed by atoms with E-state index >= 15 is 0 Å². The molecule has 1 aliphatic rings. The molecule has 0 bridgehead atoms. The van der Waals surface area contributed by atoms with Crippen molar-refractivity contribution in [3.05, 3.63) is 95.1 Å². The molecule has 1 N–H and O–H groups in total. The molecule has 1 aliphatic heterocycles. The highest BCUT2D eigenvalue weighted by atomic mass is 16.2. The van der Waals surface area contributed by atoms with E-state index in [9.17, 15) is 14.9 Å². The fraction of sp³-hybridized carbons (Fsp3) is 0.192. The van der Waals surface area contributed by atoms with E-state index in [1.807, 2.05) is 67.6 Å². The first kappa shape index (κ1) is 21.1. The normalized spacial score (nSPS) is 13.6. The summed E-state index contributed by atoms with van der Waals surface area (Å²) in [5.41, 5.74) is 4.44. The molecule has 0 spiro atoms. The Labute approximate surface area is 187 Å². The van der Waals surface area contributed by atoms with Gasteiger partial charge in [-0.25, -0.2) is 4.79 Å². The predicted octanol–water partition coefficient (Wildman–Crippen LogP) is 4.95. The summed E-state index contributed by atoms with van der Waals surface area (Å²) in [6.07, 6.45) is 0.840. The molecule has 1 fully saturated rings. The molecule has 0 unspecified atom stereocenters. The zero-order valence-corrected chi connectivity index (χ0v) is 17.9. The van der Waals surface area contributed by atoms with E-state index in [0.717, 1.165) is 23.2 Å². The third-order valence-corrected chi connectivity index (χ3v) is 5.64. The summed E-state index contributed by atoms with van der Waals surface area (Å²) >= 11 is 0. The second kappa shape index (κ2) is 9.36. The summed E-state index contributed by atoms with van der Waals surface area (Å²) in [4.78, 5) is 29.2. The van der Waals surface area contributed by atoms with Crippen molar-refractivity contribution < 1.29 is 9.59 Å². The zero-order valence-electron chi connectivity index (χ0n) is 17.9. The number of benzene rings is 3. The van der Waals surface area contributed by atoms with E-state index in [2.05, 4.69) is 11.4 Å². The fourth-order valence-corrected chi connectivity index (χ4v) is 3.89. The van der Waals surface area contributed by atoms with Gasteiger partial charge in [-0.2, -0.15) is 5.26 Å².